The third-order valence-corrected chi connectivity index (χ3v) is 3.71. The molecule has 0 bridgehead atoms. The second-order valence-corrected chi connectivity index (χ2v) is 5.20. The molecule has 0 amide bonds. The fourth-order valence-electron chi connectivity index (χ4n) is 1.31. The Hall–Kier alpha value is -1.000. The van der Waals surface area contributed by atoms with E-state index in [-0.39, 0.29) is 10.7 Å². The first-order valence-corrected chi connectivity index (χ1v) is 6.57. The van der Waals surface area contributed by atoms with Gasteiger partial charge in [0.05, 0.1) is 20.1 Å². The predicted octanol–water partition coefficient (Wildman–Crippen LogP) is 6.23. The van der Waals surface area contributed by atoms with E-state index in [9.17, 15) is 5.21 Å². The van der Waals surface area contributed by atoms with Crippen molar-refractivity contribution in [3.05, 3.63) is 61.7 Å². The van der Waals surface area contributed by atoms with Gasteiger partial charge in [-0.2, -0.15) is 0 Å². The minimum atomic E-state index is 0.264. The number of halogens is 4. The van der Waals surface area contributed by atoms with Crippen LogP contribution in [-0.4, -0.2) is 4.86 Å². The predicted molar refractivity (Wildman–Crippen MR) is 78.3 cm³/mol. The molecule has 0 saturated heterocycles. The lowest BCUT2D eigenvalue weighted by Crippen LogP contribution is -1.90. The van der Waals surface area contributed by atoms with E-state index < -0.39 is 0 Å². The molecule has 0 fully saturated rings. The van der Waals surface area contributed by atoms with Gasteiger partial charge in [0.1, 0.15) is 5.69 Å². The monoisotopic (exact) mass is 334 g/mol. The van der Waals surface area contributed by atoms with Crippen LogP contribution in [0.15, 0.2) is 41.5 Å². The maximum atomic E-state index is 11.8. The van der Waals surface area contributed by atoms with Crippen LogP contribution in [0, 0.1) is 5.21 Å². The second kappa shape index (κ2) is 5.97. The molecule has 0 saturated carbocycles. The summed E-state index contributed by atoms with van der Waals surface area (Å²) in [4.78, 5) is 0.432. The molecule has 0 N–H and O–H groups in total. The summed E-state index contributed by atoms with van der Waals surface area (Å²) in [5.41, 5.74) is 0.649. The highest BCUT2D eigenvalue weighted by Crippen LogP contribution is 2.29. The van der Waals surface area contributed by atoms with Gasteiger partial charge in [0.15, 0.2) is 0 Å². The summed E-state index contributed by atoms with van der Waals surface area (Å²) >= 11 is 23.2. The highest BCUT2D eigenvalue weighted by atomic mass is 35.5. The lowest BCUT2D eigenvalue weighted by molar-refractivity contribution is -0.435. The molecule has 2 aromatic carbocycles. The fourth-order valence-corrected chi connectivity index (χ4v) is 1.90. The zero-order valence-electron chi connectivity index (χ0n) is 9.28. The van der Waals surface area contributed by atoms with Crippen LogP contribution in [0.1, 0.15) is 0 Å². The van der Waals surface area contributed by atoms with Crippen LogP contribution in [0.4, 0.5) is 11.4 Å². The molecule has 7 heteroatoms. The van der Waals surface area contributed by atoms with Crippen molar-refractivity contribution < 1.29 is 4.86 Å². The van der Waals surface area contributed by atoms with Crippen molar-refractivity contribution in [1.82, 2.24) is 0 Å². The summed E-state index contributed by atoms with van der Waals surface area (Å²) in [5, 5.41) is 17.1. The van der Waals surface area contributed by atoms with E-state index >= 15 is 0 Å². The number of azo groups is 1. The molecule has 0 spiro atoms. The lowest BCUT2D eigenvalue weighted by atomic mass is 10.3. The van der Waals surface area contributed by atoms with Gasteiger partial charge in [-0.05, 0) is 24.3 Å². The van der Waals surface area contributed by atoms with E-state index in [1.165, 1.54) is 24.3 Å². The molecule has 0 aliphatic rings. The number of nitrogens with zero attached hydrogens (tertiary/aromatic N) is 2. The van der Waals surface area contributed by atoms with Crippen LogP contribution < -0.4 is 0 Å². The van der Waals surface area contributed by atoms with Gasteiger partial charge in [-0.15, -0.1) is 0 Å². The van der Waals surface area contributed by atoms with Gasteiger partial charge < -0.3 is 5.21 Å². The first kappa shape index (κ1) is 14.4. The van der Waals surface area contributed by atoms with Crippen molar-refractivity contribution in [2.45, 2.75) is 0 Å². The van der Waals surface area contributed by atoms with Crippen LogP contribution in [0.3, 0.4) is 0 Å². The van der Waals surface area contributed by atoms with E-state index in [0.717, 1.165) is 0 Å². The fraction of sp³-hybridized carbons (Fsp3) is 0. The zero-order valence-corrected chi connectivity index (χ0v) is 12.3. The minimum Gasteiger partial charge on any atom is -0.594 e. The van der Waals surface area contributed by atoms with E-state index in [1.54, 1.807) is 12.1 Å². The summed E-state index contributed by atoms with van der Waals surface area (Å²) in [5.74, 6) is 0. The van der Waals surface area contributed by atoms with Crippen molar-refractivity contribution in [1.29, 1.82) is 0 Å². The summed E-state index contributed by atoms with van der Waals surface area (Å²) in [6.45, 7) is 0. The summed E-state index contributed by atoms with van der Waals surface area (Å²) in [7, 11) is 0. The van der Waals surface area contributed by atoms with Gasteiger partial charge >= 0.3 is 0 Å². The third kappa shape index (κ3) is 3.51. The van der Waals surface area contributed by atoms with Gasteiger partial charge in [-0.1, -0.05) is 51.3 Å². The topological polar surface area (TPSA) is 38.4 Å². The van der Waals surface area contributed by atoms with E-state index in [4.69, 9.17) is 46.4 Å². The molecule has 3 nitrogen and oxygen atoms in total. The SMILES string of the molecule is [O-][N+](=Nc1ccc(Cl)c(Cl)c1)c1ccc(Cl)c(Cl)c1. The second-order valence-electron chi connectivity index (χ2n) is 3.57. The third-order valence-electron chi connectivity index (χ3n) is 2.23. The lowest BCUT2D eigenvalue weighted by Gasteiger charge is -2.02. The summed E-state index contributed by atoms with van der Waals surface area (Å²) in [6, 6.07) is 9.10. The summed E-state index contributed by atoms with van der Waals surface area (Å²) < 4.78 is 0. The Morgan fingerprint density at radius 2 is 1.37 bits per heavy atom. The van der Waals surface area contributed by atoms with Gasteiger partial charge in [-0.3, -0.25) is 0 Å². The Kier molecular flexibility index (Phi) is 4.53. The smallest absolute Gasteiger partial charge is 0.246 e. The molecular weight excluding hydrogens is 330 g/mol. The van der Waals surface area contributed by atoms with Crippen molar-refractivity contribution in [3.63, 3.8) is 0 Å². The number of hydrogen-bond acceptors (Lipinski definition) is 2. The van der Waals surface area contributed by atoms with Crippen LogP contribution in [-0.2, 0) is 0 Å². The molecule has 0 radical (unpaired) electrons. The molecule has 2 rings (SSSR count). The van der Waals surface area contributed by atoms with Crippen molar-refractivity contribution in [3.8, 4) is 0 Å². The van der Waals surface area contributed by atoms with E-state index in [2.05, 4.69) is 5.11 Å². The van der Waals surface area contributed by atoms with Crippen LogP contribution in [0.5, 0.6) is 0 Å². The Morgan fingerprint density at radius 3 is 1.95 bits per heavy atom. The van der Waals surface area contributed by atoms with Crippen molar-refractivity contribution in [2.24, 2.45) is 5.11 Å². The minimum absolute atomic E-state index is 0.264. The maximum absolute atomic E-state index is 11.8. The average molecular weight is 336 g/mol. The molecule has 0 aliphatic heterocycles. The molecule has 0 unspecified atom stereocenters. The quantitative estimate of drug-likeness (QED) is 0.364. The highest BCUT2D eigenvalue weighted by Gasteiger charge is 2.08. The maximum Gasteiger partial charge on any atom is 0.246 e. The molecule has 2 aromatic rings. The number of rotatable bonds is 2. The van der Waals surface area contributed by atoms with Crippen LogP contribution >= 0.6 is 46.4 Å². The van der Waals surface area contributed by atoms with Crippen LogP contribution in [0.25, 0.3) is 0 Å². The zero-order chi connectivity index (χ0) is 14.0. The largest absolute Gasteiger partial charge is 0.594 e. The van der Waals surface area contributed by atoms with Gasteiger partial charge in [0.25, 0.3) is 0 Å². The highest BCUT2D eigenvalue weighted by molar-refractivity contribution is 6.42. The van der Waals surface area contributed by atoms with Crippen LogP contribution in [0.2, 0.25) is 20.1 Å². The molecule has 0 heterocycles. The Morgan fingerprint density at radius 1 is 0.789 bits per heavy atom. The molecule has 0 aromatic heterocycles. The van der Waals surface area contributed by atoms with Gasteiger partial charge in [-0.25, -0.2) is 0 Å². The number of benzene rings is 2. The molecular formula is C12H6Cl4N2O. The number of hydrogen-bond donors (Lipinski definition) is 0. The molecule has 19 heavy (non-hydrogen) atoms. The molecule has 0 aliphatic carbocycles. The van der Waals surface area contributed by atoms with Crippen molar-refractivity contribution in [2.75, 3.05) is 0 Å². The molecule has 98 valence electrons. The standard InChI is InChI=1S/C12H6Cl4N2O/c13-9-3-1-7(5-11(9)15)17-18(19)8-2-4-10(14)12(16)6-8/h1-6H. The van der Waals surface area contributed by atoms with E-state index in [1.807, 2.05) is 0 Å². The first-order chi connectivity index (χ1) is 8.97. The summed E-state index contributed by atoms with van der Waals surface area (Å²) in [6.07, 6.45) is 0. The van der Waals surface area contributed by atoms with E-state index in [0.29, 0.717) is 25.6 Å². The van der Waals surface area contributed by atoms with Gasteiger partial charge in [0, 0.05) is 17.2 Å². The normalized spacial score (nSPS) is 11.7. The first-order valence-electron chi connectivity index (χ1n) is 5.06. The van der Waals surface area contributed by atoms with Gasteiger partial charge in [0.2, 0.25) is 5.69 Å². The Balaban J connectivity index is 2.36. The van der Waals surface area contributed by atoms with Crippen molar-refractivity contribution >= 4 is 57.8 Å². The Bertz CT molecular complexity index is 658. The molecule has 0 atom stereocenters. The Labute approximate surface area is 129 Å². The average Bonchev–Trinajstić information content (AvgIpc) is 2.37.